The van der Waals surface area contributed by atoms with E-state index in [2.05, 4.69) is 0 Å². The van der Waals surface area contributed by atoms with Crippen LogP contribution in [0.3, 0.4) is 0 Å². The fourth-order valence-electron chi connectivity index (χ4n) is 1.24. The van der Waals surface area contributed by atoms with E-state index in [0.717, 1.165) is 12.1 Å². The summed E-state index contributed by atoms with van der Waals surface area (Å²) in [4.78, 5) is 11.7. The second-order valence-electron chi connectivity index (χ2n) is 4.65. The molecule has 0 aliphatic heterocycles. The average molecular weight is 230 g/mol. The number of hydrogen-bond acceptors (Lipinski definition) is 1. The number of alkyl halides is 3. The maximum absolute atomic E-state index is 12.3. The average Bonchev–Trinajstić information content (AvgIpc) is 2.14. The Morgan fingerprint density at radius 2 is 1.44 bits per heavy atom. The van der Waals surface area contributed by atoms with Crippen molar-refractivity contribution in [2.75, 3.05) is 0 Å². The Hall–Kier alpha value is -1.32. The molecule has 1 nitrogen and oxygen atoms in total. The third kappa shape index (κ3) is 2.84. The SMILES string of the molecule is CC(C)(C)C(=O)c1ccc(C(F)(F)F)cc1. The van der Waals surface area contributed by atoms with Gasteiger partial charge in [-0.15, -0.1) is 0 Å². The first-order valence-corrected chi connectivity index (χ1v) is 4.84. The lowest BCUT2D eigenvalue weighted by Gasteiger charge is -2.16. The fraction of sp³-hybridized carbons (Fsp3) is 0.417. The highest BCUT2D eigenvalue weighted by Crippen LogP contribution is 2.30. The van der Waals surface area contributed by atoms with Crippen LogP contribution >= 0.6 is 0 Å². The van der Waals surface area contributed by atoms with Crippen LogP contribution in [0.1, 0.15) is 36.7 Å². The first-order valence-electron chi connectivity index (χ1n) is 4.84. The third-order valence-electron chi connectivity index (χ3n) is 2.16. The summed E-state index contributed by atoms with van der Waals surface area (Å²) in [5.74, 6) is -0.166. The number of benzene rings is 1. The van der Waals surface area contributed by atoms with Gasteiger partial charge < -0.3 is 0 Å². The summed E-state index contributed by atoms with van der Waals surface area (Å²) in [5, 5.41) is 0. The summed E-state index contributed by atoms with van der Waals surface area (Å²) in [6, 6.07) is 4.30. The van der Waals surface area contributed by atoms with Crippen molar-refractivity contribution in [2.45, 2.75) is 26.9 Å². The smallest absolute Gasteiger partial charge is 0.294 e. The van der Waals surface area contributed by atoms with Crippen LogP contribution in [0.15, 0.2) is 24.3 Å². The first kappa shape index (κ1) is 12.7. The number of halogens is 3. The molecule has 88 valence electrons. The minimum atomic E-state index is -4.36. The van der Waals surface area contributed by atoms with Gasteiger partial charge in [0.1, 0.15) is 0 Å². The number of rotatable bonds is 1. The summed E-state index contributed by atoms with van der Waals surface area (Å²) in [6.07, 6.45) is -4.36. The number of ketones is 1. The van der Waals surface area contributed by atoms with E-state index in [1.54, 1.807) is 20.8 Å². The van der Waals surface area contributed by atoms with E-state index in [-0.39, 0.29) is 5.78 Å². The summed E-state index contributed by atoms with van der Waals surface area (Å²) in [7, 11) is 0. The second kappa shape index (κ2) is 3.92. The molecule has 1 aromatic rings. The molecule has 16 heavy (non-hydrogen) atoms. The Kier molecular flexibility index (Phi) is 3.13. The van der Waals surface area contributed by atoms with E-state index in [1.807, 2.05) is 0 Å². The minimum absolute atomic E-state index is 0.166. The van der Waals surface area contributed by atoms with Gasteiger partial charge in [0.05, 0.1) is 5.56 Å². The number of carbonyl (C=O) groups is 1. The maximum atomic E-state index is 12.3. The van der Waals surface area contributed by atoms with Crippen LogP contribution in [0, 0.1) is 5.41 Å². The summed E-state index contributed by atoms with van der Waals surface area (Å²) < 4.78 is 36.8. The van der Waals surface area contributed by atoms with Gasteiger partial charge in [0, 0.05) is 11.0 Å². The predicted octanol–water partition coefficient (Wildman–Crippen LogP) is 3.93. The van der Waals surface area contributed by atoms with Crippen LogP contribution in [0.2, 0.25) is 0 Å². The van der Waals surface area contributed by atoms with Gasteiger partial charge in [-0.25, -0.2) is 0 Å². The summed E-state index contributed by atoms with van der Waals surface area (Å²) in [6.45, 7) is 5.19. The Bertz CT molecular complexity index is 382. The van der Waals surface area contributed by atoms with Crippen molar-refractivity contribution in [3.8, 4) is 0 Å². The van der Waals surface area contributed by atoms with Crippen molar-refractivity contribution in [2.24, 2.45) is 5.41 Å². The van der Waals surface area contributed by atoms with E-state index in [0.29, 0.717) is 5.56 Å². The summed E-state index contributed by atoms with van der Waals surface area (Å²) in [5.41, 5.74) is -1.02. The molecule has 1 rings (SSSR count). The van der Waals surface area contributed by atoms with Gasteiger partial charge in [-0.1, -0.05) is 32.9 Å². The zero-order valence-electron chi connectivity index (χ0n) is 9.35. The Balaban J connectivity index is 3.01. The minimum Gasteiger partial charge on any atom is -0.294 e. The summed E-state index contributed by atoms with van der Waals surface area (Å²) >= 11 is 0. The van der Waals surface area contributed by atoms with Crippen LogP contribution in [0.25, 0.3) is 0 Å². The fourth-order valence-corrected chi connectivity index (χ4v) is 1.24. The van der Waals surface area contributed by atoms with Gasteiger partial charge in [0.15, 0.2) is 5.78 Å². The Labute approximate surface area is 92.3 Å². The molecule has 0 amide bonds. The quantitative estimate of drug-likeness (QED) is 0.668. The Morgan fingerprint density at radius 1 is 1.00 bits per heavy atom. The molecule has 0 heterocycles. The largest absolute Gasteiger partial charge is 0.416 e. The van der Waals surface area contributed by atoms with Crippen LogP contribution in [0.5, 0.6) is 0 Å². The molecule has 0 aliphatic rings. The van der Waals surface area contributed by atoms with Crippen LogP contribution in [-0.4, -0.2) is 5.78 Å². The molecule has 0 aliphatic carbocycles. The van der Waals surface area contributed by atoms with Crippen molar-refractivity contribution in [1.29, 1.82) is 0 Å². The lowest BCUT2D eigenvalue weighted by atomic mass is 9.86. The molecule has 0 aromatic heterocycles. The van der Waals surface area contributed by atoms with Crippen molar-refractivity contribution in [3.05, 3.63) is 35.4 Å². The van der Waals surface area contributed by atoms with E-state index < -0.39 is 17.2 Å². The molecule has 0 N–H and O–H groups in total. The molecule has 0 radical (unpaired) electrons. The number of carbonyl (C=O) groups excluding carboxylic acids is 1. The van der Waals surface area contributed by atoms with Crippen molar-refractivity contribution in [1.82, 2.24) is 0 Å². The standard InChI is InChI=1S/C12H13F3O/c1-11(2,3)10(16)8-4-6-9(7-5-8)12(13,14)15/h4-7H,1-3H3. The molecule has 0 saturated carbocycles. The lowest BCUT2D eigenvalue weighted by Crippen LogP contribution is -2.20. The molecule has 0 fully saturated rings. The highest BCUT2D eigenvalue weighted by molar-refractivity contribution is 5.99. The number of Topliss-reactive ketones (excluding diaryl/α,β-unsaturated/α-hetero) is 1. The molecular formula is C12H13F3O. The topological polar surface area (TPSA) is 17.1 Å². The molecule has 1 aromatic carbocycles. The molecule has 0 bridgehead atoms. The van der Waals surface area contributed by atoms with E-state index in [4.69, 9.17) is 0 Å². The molecular weight excluding hydrogens is 217 g/mol. The highest BCUT2D eigenvalue weighted by Gasteiger charge is 2.31. The zero-order chi connectivity index (χ0) is 12.6. The predicted molar refractivity (Wildman–Crippen MR) is 55.2 cm³/mol. The van der Waals surface area contributed by atoms with E-state index >= 15 is 0 Å². The number of hydrogen-bond donors (Lipinski definition) is 0. The van der Waals surface area contributed by atoms with Gasteiger partial charge in [-0.2, -0.15) is 13.2 Å². The van der Waals surface area contributed by atoms with Crippen LogP contribution in [-0.2, 0) is 6.18 Å². The van der Waals surface area contributed by atoms with E-state index in [1.165, 1.54) is 12.1 Å². The van der Waals surface area contributed by atoms with Crippen molar-refractivity contribution < 1.29 is 18.0 Å². The monoisotopic (exact) mass is 230 g/mol. The maximum Gasteiger partial charge on any atom is 0.416 e. The van der Waals surface area contributed by atoms with Crippen LogP contribution in [0.4, 0.5) is 13.2 Å². The third-order valence-corrected chi connectivity index (χ3v) is 2.16. The molecule has 0 unspecified atom stereocenters. The first-order chi connectivity index (χ1) is 7.12. The lowest BCUT2D eigenvalue weighted by molar-refractivity contribution is -0.137. The second-order valence-corrected chi connectivity index (χ2v) is 4.65. The molecule has 0 spiro atoms. The van der Waals surface area contributed by atoms with Gasteiger partial charge in [0.25, 0.3) is 0 Å². The van der Waals surface area contributed by atoms with Gasteiger partial charge in [-0.05, 0) is 12.1 Å². The Morgan fingerprint density at radius 3 is 1.75 bits per heavy atom. The molecule has 4 heteroatoms. The van der Waals surface area contributed by atoms with Crippen molar-refractivity contribution >= 4 is 5.78 Å². The van der Waals surface area contributed by atoms with Gasteiger partial charge in [0.2, 0.25) is 0 Å². The zero-order valence-corrected chi connectivity index (χ0v) is 9.35. The molecule has 0 saturated heterocycles. The van der Waals surface area contributed by atoms with Gasteiger partial charge >= 0.3 is 6.18 Å². The normalized spacial score (nSPS) is 12.6. The van der Waals surface area contributed by atoms with Crippen LogP contribution < -0.4 is 0 Å². The molecule has 0 atom stereocenters. The van der Waals surface area contributed by atoms with E-state index in [9.17, 15) is 18.0 Å². The van der Waals surface area contributed by atoms with Crippen molar-refractivity contribution in [3.63, 3.8) is 0 Å². The highest BCUT2D eigenvalue weighted by atomic mass is 19.4. The van der Waals surface area contributed by atoms with Gasteiger partial charge in [-0.3, -0.25) is 4.79 Å².